The third kappa shape index (κ3) is 4.36. The van der Waals surface area contributed by atoms with Crippen molar-refractivity contribution in [1.82, 2.24) is 4.98 Å². The van der Waals surface area contributed by atoms with E-state index in [-0.39, 0.29) is 5.91 Å². The lowest BCUT2D eigenvalue weighted by Crippen LogP contribution is -2.11. The van der Waals surface area contributed by atoms with E-state index in [0.29, 0.717) is 34.0 Å². The fourth-order valence-corrected chi connectivity index (χ4v) is 1.53. The van der Waals surface area contributed by atoms with Crippen LogP contribution in [0.15, 0.2) is 16.7 Å². The van der Waals surface area contributed by atoms with Crippen molar-refractivity contribution in [1.29, 1.82) is 0 Å². The SMILES string of the molecule is O=C(CCCCl)Nc1cnc(Cl)c(Br)c1. The van der Waals surface area contributed by atoms with Crippen LogP contribution < -0.4 is 5.32 Å². The fraction of sp³-hybridized carbons (Fsp3) is 0.333. The second kappa shape index (κ2) is 6.30. The molecule has 15 heavy (non-hydrogen) atoms. The quantitative estimate of drug-likeness (QED) is 0.683. The van der Waals surface area contributed by atoms with Gasteiger partial charge in [-0.25, -0.2) is 4.98 Å². The molecule has 6 heteroatoms. The van der Waals surface area contributed by atoms with Crippen molar-refractivity contribution in [2.45, 2.75) is 12.8 Å². The molecule has 0 unspecified atom stereocenters. The van der Waals surface area contributed by atoms with Crippen molar-refractivity contribution in [3.8, 4) is 0 Å². The lowest BCUT2D eigenvalue weighted by molar-refractivity contribution is -0.116. The molecule has 0 saturated carbocycles. The molecule has 3 nitrogen and oxygen atoms in total. The number of nitrogens with one attached hydrogen (secondary N) is 1. The maximum atomic E-state index is 11.3. The summed E-state index contributed by atoms with van der Waals surface area (Å²) < 4.78 is 0.652. The number of hydrogen-bond donors (Lipinski definition) is 1. The Morgan fingerprint density at radius 1 is 1.60 bits per heavy atom. The van der Waals surface area contributed by atoms with Crippen LogP contribution in [0.1, 0.15) is 12.8 Å². The number of anilines is 1. The van der Waals surface area contributed by atoms with Crippen molar-refractivity contribution >= 4 is 50.7 Å². The molecular weight excluding hydrogens is 303 g/mol. The number of hydrogen-bond acceptors (Lipinski definition) is 2. The molecule has 0 spiro atoms. The van der Waals surface area contributed by atoms with Crippen molar-refractivity contribution in [3.63, 3.8) is 0 Å². The van der Waals surface area contributed by atoms with Crippen LogP contribution >= 0.6 is 39.1 Å². The van der Waals surface area contributed by atoms with Crippen LogP contribution in [0.3, 0.4) is 0 Å². The van der Waals surface area contributed by atoms with Crippen LogP contribution in [-0.2, 0) is 4.79 Å². The van der Waals surface area contributed by atoms with Gasteiger partial charge in [-0.15, -0.1) is 11.6 Å². The Balaban J connectivity index is 2.57. The standard InChI is InChI=1S/C9H9BrCl2N2O/c10-7-4-6(5-13-9(7)12)14-8(15)2-1-3-11/h4-5H,1-3H2,(H,14,15). The van der Waals surface area contributed by atoms with E-state index in [4.69, 9.17) is 23.2 Å². The Hall–Kier alpha value is -0.320. The van der Waals surface area contributed by atoms with Gasteiger partial charge in [0.05, 0.1) is 16.4 Å². The van der Waals surface area contributed by atoms with E-state index in [1.165, 1.54) is 6.20 Å². The number of nitrogens with zero attached hydrogens (tertiary/aromatic N) is 1. The second-order valence-electron chi connectivity index (χ2n) is 2.84. The van der Waals surface area contributed by atoms with Gasteiger partial charge in [0, 0.05) is 12.3 Å². The van der Waals surface area contributed by atoms with Crippen molar-refractivity contribution in [2.75, 3.05) is 11.2 Å². The Morgan fingerprint density at radius 2 is 2.33 bits per heavy atom. The predicted octanol–water partition coefficient (Wildman–Crippen LogP) is 3.46. The number of aromatic nitrogens is 1. The van der Waals surface area contributed by atoms with Gasteiger partial charge in [-0.2, -0.15) is 0 Å². The first kappa shape index (κ1) is 12.7. The van der Waals surface area contributed by atoms with E-state index in [1.807, 2.05) is 0 Å². The monoisotopic (exact) mass is 310 g/mol. The van der Waals surface area contributed by atoms with E-state index in [0.717, 1.165) is 0 Å². The summed E-state index contributed by atoms with van der Waals surface area (Å²) in [6, 6.07) is 1.70. The average Bonchev–Trinajstić information content (AvgIpc) is 2.20. The van der Waals surface area contributed by atoms with Gasteiger partial charge < -0.3 is 5.32 Å². The van der Waals surface area contributed by atoms with Gasteiger partial charge in [-0.1, -0.05) is 11.6 Å². The maximum Gasteiger partial charge on any atom is 0.224 e. The fourth-order valence-electron chi connectivity index (χ4n) is 0.940. The van der Waals surface area contributed by atoms with E-state index >= 15 is 0 Å². The normalized spacial score (nSPS) is 10.1. The Bertz CT molecular complexity index is 360. The summed E-state index contributed by atoms with van der Waals surface area (Å²) in [7, 11) is 0. The molecule has 1 rings (SSSR count). The van der Waals surface area contributed by atoms with E-state index in [9.17, 15) is 4.79 Å². The molecule has 0 aliphatic rings. The average molecular weight is 312 g/mol. The number of halogens is 3. The molecule has 0 aliphatic carbocycles. The lowest BCUT2D eigenvalue weighted by atomic mass is 10.3. The first-order chi connectivity index (χ1) is 7.13. The molecule has 0 fully saturated rings. The number of carbonyl (C=O) groups is 1. The Morgan fingerprint density at radius 3 is 2.93 bits per heavy atom. The molecule has 0 atom stereocenters. The van der Waals surface area contributed by atoms with E-state index in [2.05, 4.69) is 26.2 Å². The molecule has 0 aromatic carbocycles. The smallest absolute Gasteiger partial charge is 0.224 e. The zero-order valence-electron chi connectivity index (χ0n) is 7.77. The number of pyridine rings is 1. The molecule has 0 bridgehead atoms. The van der Waals surface area contributed by atoms with Crippen LogP contribution in [0.5, 0.6) is 0 Å². The van der Waals surface area contributed by atoms with Crippen LogP contribution in [0, 0.1) is 0 Å². The summed E-state index contributed by atoms with van der Waals surface area (Å²) in [4.78, 5) is 15.2. The first-order valence-corrected chi connectivity index (χ1v) is 6.01. The number of alkyl halides is 1. The molecule has 1 aromatic rings. The Labute approximate surface area is 106 Å². The van der Waals surface area contributed by atoms with Gasteiger partial charge in [0.2, 0.25) is 5.91 Å². The van der Waals surface area contributed by atoms with E-state index < -0.39 is 0 Å². The lowest BCUT2D eigenvalue weighted by Gasteiger charge is -2.04. The highest BCUT2D eigenvalue weighted by atomic mass is 79.9. The molecule has 0 aliphatic heterocycles. The van der Waals surface area contributed by atoms with Crippen LogP contribution in [0.25, 0.3) is 0 Å². The summed E-state index contributed by atoms with van der Waals surface area (Å²) in [5, 5.41) is 3.07. The summed E-state index contributed by atoms with van der Waals surface area (Å²) >= 11 is 14.4. The third-order valence-corrected chi connectivity index (χ3v) is 3.02. The van der Waals surface area contributed by atoms with Crippen LogP contribution in [-0.4, -0.2) is 16.8 Å². The number of amides is 1. The zero-order chi connectivity index (χ0) is 11.3. The minimum atomic E-state index is -0.0772. The summed E-state index contributed by atoms with van der Waals surface area (Å²) in [6.45, 7) is 0. The van der Waals surface area contributed by atoms with Gasteiger partial charge >= 0.3 is 0 Å². The summed E-state index contributed by atoms with van der Waals surface area (Å²) in [6.07, 6.45) is 2.57. The molecule has 1 aromatic heterocycles. The Kier molecular flexibility index (Phi) is 5.36. The zero-order valence-corrected chi connectivity index (χ0v) is 10.9. The first-order valence-electron chi connectivity index (χ1n) is 4.30. The largest absolute Gasteiger partial charge is 0.325 e. The predicted molar refractivity (Wildman–Crippen MR) is 65.5 cm³/mol. The molecule has 0 saturated heterocycles. The highest BCUT2D eigenvalue weighted by Gasteiger charge is 2.04. The summed E-state index contributed by atoms with van der Waals surface area (Å²) in [5.74, 6) is 0.405. The van der Waals surface area contributed by atoms with E-state index in [1.54, 1.807) is 6.07 Å². The maximum absolute atomic E-state index is 11.3. The van der Waals surface area contributed by atoms with Gasteiger partial charge in [0.25, 0.3) is 0 Å². The van der Waals surface area contributed by atoms with Gasteiger partial charge in [-0.05, 0) is 28.4 Å². The van der Waals surface area contributed by atoms with Gasteiger partial charge in [0.15, 0.2) is 0 Å². The van der Waals surface area contributed by atoms with Crippen molar-refractivity contribution in [2.24, 2.45) is 0 Å². The molecule has 0 radical (unpaired) electrons. The van der Waals surface area contributed by atoms with Crippen molar-refractivity contribution in [3.05, 3.63) is 21.9 Å². The highest BCUT2D eigenvalue weighted by Crippen LogP contribution is 2.22. The number of rotatable bonds is 4. The second-order valence-corrected chi connectivity index (χ2v) is 4.43. The molecule has 1 amide bonds. The minimum absolute atomic E-state index is 0.0772. The minimum Gasteiger partial charge on any atom is -0.325 e. The van der Waals surface area contributed by atoms with Crippen LogP contribution in [0.2, 0.25) is 5.15 Å². The van der Waals surface area contributed by atoms with Gasteiger partial charge in [-0.3, -0.25) is 4.79 Å². The third-order valence-electron chi connectivity index (χ3n) is 1.62. The van der Waals surface area contributed by atoms with Crippen molar-refractivity contribution < 1.29 is 4.79 Å². The van der Waals surface area contributed by atoms with Gasteiger partial charge in [0.1, 0.15) is 5.15 Å². The highest BCUT2D eigenvalue weighted by molar-refractivity contribution is 9.10. The molecule has 1 N–H and O–H groups in total. The molecule has 82 valence electrons. The van der Waals surface area contributed by atoms with Crippen LogP contribution in [0.4, 0.5) is 5.69 Å². The summed E-state index contributed by atoms with van der Waals surface area (Å²) in [5.41, 5.74) is 0.617. The molecular formula is C9H9BrCl2N2O. The number of carbonyl (C=O) groups excluding carboxylic acids is 1. The molecule has 1 heterocycles. The topological polar surface area (TPSA) is 42.0 Å².